The van der Waals surface area contributed by atoms with Crippen LogP contribution in [0.15, 0.2) is 18.2 Å². The third-order valence-electron chi connectivity index (χ3n) is 3.39. The molecule has 1 aliphatic rings. The van der Waals surface area contributed by atoms with Gasteiger partial charge in [-0.3, -0.25) is 9.59 Å². The molecule has 1 fully saturated rings. The molecule has 0 aliphatic carbocycles. The molecular weight excluding hydrogens is 353 g/mol. The number of rotatable bonds is 5. The largest absolute Gasteiger partial charge is 0.378 e. The Balaban J connectivity index is 0.00000288. The number of nitrogens with one attached hydrogen (secondary N) is 3. The highest BCUT2D eigenvalue weighted by Gasteiger charge is 2.21. The maximum Gasteiger partial charge on any atom is 0.252 e. The van der Waals surface area contributed by atoms with E-state index in [2.05, 4.69) is 16.0 Å². The number of morpholine rings is 1. The van der Waals surface area contributed by atoms with E-state index >= 15 is 0 Å². The average molecular weight is 376 g/mol. The summed E-state index contributed by atoms with van der Waals surface area (Å²) in [6, 6.07) is 4.47. The lowest BCUT2D eigenvalue weighted by atomic mass is 10.1. The molecule has 0 saturated carbocycles. The van der Waals surface area contributed by atoms with Crippen LogP contribution in [0.2, 0.25) is 5.02 Å². The molecule has 0 spiro atoms. The van der Waals surface area contributed by atoms with Gasteiger partial charge in [0.05, 0.1) is 23.8 Å². The van der Waals surface area contributed by atoms with Gasteiger partial charge < -0.3 is 20.7 Å². The zero-order chi connectivity index (χ0) is 16.8. The van der Waals surface area contributed by atoms with Gasteiger partial charge in [-0.05, 0) is 24.1 Å². The molecule has 8 heteroatoms. The first-order valence-corrected chi connectivity index (χ1v) is 8.05. The Hall–Kier alpha value is -1.34. The van der Waals surface area contributed by atoms with Crippen LogP contribution >= 0.6 is 24.0 Å². The maximum absolute atomic E-state index is 12.1. The minimum atomic E-state index is -0.378. The molecule has 1 saturated heterocycles. The van der Waals surface area contributed by atoms with Gasteiger partial charge >= 0.3 is 0 Å². The first kappa shape index (κ1) is 20.7. The van der Waals surface area contributed by atoms with E-state index in [1.165, 1.54) is 0 Å². The Labute approximate surface area is 153 Å². The molecule has 1 heterocycles. The van der Waals surface area contributed by atoms with Gasteiger partial charge in [-0.25, -0.2) is 0 Å². The zero-order valence-corrected chi connectivity index (χ0v) is 15.3. The molecule has 0 bridgehead atoms. The molecule has 0 radical (unpaired) electrons. The zero-order valence-electron chi connectivity index (χ0n) is 13.7. The highest BCUT2D eigenvalue weighted by atomic mass is 35.5. The molecule has 24 heavy (non-hydrogen) atoms. The minimum Gasteiger partial charge on any atom is -0.378 e. The summed E-state index contributed by atoms with van der Waals surface area (Å²) in [5.74, 6) is -0.0387. The number of hydrogen-bond acceptors (Lipinski definition) is 4. The predicted octanol–water partition coefficient (Wildman–Crippen LogP) is 2.07. The molecule has 2 amide bonds. The molecule has 1 aromatic rings. The monoisotopic (exact) mass is 375 g/mol. The molecule has 0 aromatic heterocycles. The van der Waals surface area contributed by atoms with Gasteiger partial charge in [0.2, 0.25) is 5.91 Å². The van der Waals surface area contributed by atoms with Crippen LogP contribution in [0.3, 0.4) is 0 Å². The van der Waals surface area contributed by atoms with Gasteiger partial charge in [0.1, 0.15) is 6.04 Å². The maximum atomic E-state index is 12.1. The van der Waals surface area contributed by atoms with Crippen molar-refractivity contribution < 1.29 is 14.3 Å². The van der Waals surface area contributed by atoms with Crippen molar-refractivity contribution in [1.82, 2.24) is 10.6 Å². The number of carbonyl (C=O) groups is 2. The van der Waals surface area contributed by atoms with Gasteiger partial charge in [-0.15, -0.1) is 12.4 Å². The summed E-state index contributed by atoms with van der Waals surface area (Å²) >= 11 is 6.16. The number of carbonyl (C=O) groups excluding carboxylic acids is 2. The second kappa shape index (κ2) is 9.84. The van der Waals surface area contributed by atoms with E-state index in [0.29, 0.717) is 48.5 Å². The van der Waals surface area contributed by atoms with Gasteiger partial charge in [-0.2, -0.15) is 0 Å². The number of halogens is 2. The number of ether oxygens (including phenoxy) is 1. The van der Waals surface area contributed by atoms with E-state index in [0.717, 1.165) is 0 Å². The van der Waals surface area contributed by atoms with E-state index in [4.69, 9.17) is 16.3 Å². The van der Waals surface area contributed by atoms with E-state index < -0.39 is 0 Å². The van der Waals surface area contributed by atoms with E-state index in [1.807, 2.05) is 13.8 Å². The SMILES string of the molecule is CC(C)CNC(=O)c1ccc(NC(=O)C2COCCN2)cc1Cl.Cl. The summed E-state index contributed by atoms with van der Waals surface area (Å²) in [5.41, 5.74) is 0.942. The summed E-state index contributed by atoms with van der Waals surface area (Å²) in [7, 11) is 0. The van der Waals surface area contributed by atoms with E-state index in [1.54, 1.807) is 18.2 Å². The highest BCUT2D eigenvalue weighted by Crippen LogP contribution is 2.21. The molecule has 3 N–H and O–H groups in total. The molecule has 1 atom stereocenters. The van der Waals surface area contributed by atoms with E-state index in [-0.39, 0.29) is 30.3 Å². The van der Waals surface area contributed by atoms with Crippen molar-refractivity contribution >= 4 is 41.5 Å². The summed E-state index contributed by atoms with van der Waals surface area (Å²) < 4.78 is 5.26. The fourth-order valence-corrected chi connectivity index (χ4v) is 2.40. The van der Waals surface area contributed by atoms with Crippen LogP contribution < -0.4 is 16.0 Å². The Bertz CT molecular complexity index is 576. The Kier molecular flexibility index (Phi) is 8.48. The Morgan fingerprint density at radius 1 is 1.42 bits per heavy atom. The smallest absolute Gasteiger partial charge is 0.252 e. The summed E-state index contributed by atoms with van der Waals surface area (Å²) in [5, 5.41) is 8.96. The van der Waals surface area contributed by atoms with Crippen LogP contribution in [0.1, 0.15) is 24.2 Å². The lowest BCUT2D eigenvalue weighted by molar-refractivity contribution is -0.120. The topological polar surface area (TPSA) is 79.5 Å². The molecule has 6 nitrogen and oxygen atoms in total. The third-order valence-corrected chi connectivity index (χ3v) is 3.70. The Morgan fingerprint density at radius 3 is 2.75 bits per heavy atom. The first-order chi connectivity index (χ1) is 11.0. The summed E-state index contributed by atoms with van der Waals surface area (Å²) in [6.45, 7) is 6.22. The van der Waals surface area contributed by atoms with Crippen LogP contribution in [0.25, 0.3) is 0 Å². The standard InChI is InChI=1S/C16H22ClN3O3.ClH/c1-10(2)8-19-15(21)12-4-3-11(7-13(12)17)20-16(22)14-9-23-6-5-18-14;/h3-4,7,10,14,18H,5-6,8-9H2,1-2H3,(H,19,21)(H,20,22);1H. The highest BCUT2D eigenvalue weighted by molar-refractivity contribution is 6.34. The number of amides is 2. The van der Waals surface area contributed by atoms with Crippen molar-refractivity contribution in [3.63, 3.8) is 0 Å². The minimum absolute atomic E-state index is 0. The van der Waals surface area contributed by atoms with Crippen LogP contribution in [-0.2, 0) is 9.53 Å². The molecule has 134 valence electrons. The fourth-order valence-electron chi connectivity index (χ4n) is 2.13. The second-order valence-electron chi connectivity index (χ2n) is 5.87. The van der Waals surface area contributed by atoms with Crippen molar-refractivity contribution in [2.24, 2.45) is 5.92 Å². The fraction of sp³-hybridized carbons (Fsp3) is 0.500. The third kappa shape index (κ3) is 5.94. The molecule has 2 rings (SSSR count). The summed E-state index contributed by atoms with van der Waals surface area (Å²) in [4.78, 5) is 24.1. The number of benzene rings is 1. The van der Waals surface area contributed by atoms with E-state index in [9.17, 15) is 9.59 Å². The Morgan fingerprint density at radius 2 is 2.17 bits per heavy atom. The van der Waals surface area contributed by atoms with Gasteiger partial charge in [0, 0.05) is 18.8 Å². The van der Waals surface area contributed by atoms with Crippen molar-refractivity contribution in [2.45, 2.75) is 19.9 Å². The van der Waals surface area contributed by atoms with Crippen LogP contribution in [-0.4, -0.2) is 44.2 Å². The van der Waals surface area contributed by atoms with Crippen molar-refractivity contribution in [2.75, 3.05) is 31.6 Å². The van der Waals surface area contributed by atoms with Crippen molar-refractivity contribution in [1.29, 1.82) is 0 Å². The molecule has 1 aliphatic heterocycles. The lowest BCUT2D eigenvalue weighted by Crippen LogP contribution is -2.48. The first-order valence-electron chi connectivity index (χ1n) is 7.67. The van der Waals surface area contributed by atoms with Crippen molar-refractivity contribution in [3.05, 3.63) is 28.8 Å². The normalized spacial score (nSPS) is 17.1. The van der Waals surface area contributed by atoms with Gasteiger partial charge in [0.25, 0.3) is 5.91 Å². The molecular formula is C16H23Cl2N3O3. The van der Waals surface area contributed by atoms with Crippen LogP contribution in [0, 0.1) is 5.92 Å². The van der Waals surface area contributed by atoms with Gasteiger partial charge in [-0.1, -0.05) is 25.4 Å². The van der Waals surface area contributed by atoms with Gasteiger partial charge in [0.15, 0.2) is 0 Å². The van der Waals surface area contributed by atoms with Crippen LogP contribution in [0.5, 0.6) is 0 Å². The summed E-state index contributed by atoms with van der Waals surface area (Å²) in [6.07, 6.45) is 0. The van der Waals surface area contributed by atoms with Crippen molar-refractivity contribution in [3.8, 4) is 0 Å². The second-order valence-corrected chi connectivity index (χ2v) is 6.28. The lowest BCUT2D eigenvalue weighted by Gasteiger charge is -2.23. The number of hydrogen-bond donors (Lipinski definition) is 3. The number of anilines is 1. The average Bonchev–Trinajstić information content (AvgIpc) is 2.53. The van der Waals surface area contributed by atoms with Crippen LogP contribution in [0.4, 0.5) is 5.69 Å². The molecule has 1 unspecified atom stereocenters. The quantitative estimate of drug-likeness (QED) is 0.735. The molecule has 1 aromatic carbocycles. The predicted molar refractivity (Wildman–Crippen MR) is 97.1 cm³/mol.